The van der Waals surface area contributed by atoms with Crippen LogP contribution in [0, 0.1) is 0 Å². The SMILES string of the molecule is Oc1c([C@@H](c2ccccc2Cl)[NH+]2CCOCC2)ccc2cccnc12. The van der Waals surface area contributed by atoms with Gasteiger partial charge < -0.3 is 14.7 Å². The van der Waals surface area contributed by atoms with Gasteiger partial charge in [0, 0.05) is 17.1 Å². The van der Waals surface area contributed by atoms with Gasteiger partial charge in [-0.1, -0.05) is 41.9 Å². The number of aromatic hydroxyl groups is 1. The van der Waals surface area contributed by atoms with E-state index in [4.69, 9.17) is 16.3 Å². The van der Waals surface area contributed by atoms with Gasteiger partial charge in [-0.2, -0.15) is 0 Å². The van der Waals surface area contributed by atoms with E-state index in [0.717, 1.165) is 29.6 Å². The zero-order valence-electron chi connectivity index (χ0n) is 13.8. The molecule has 2 heterocycles. The zero-order valence-corrected chi connectivity index (χ0v) is 14.5. The summed E-state index contributed by atoms with van der Waals surface area (Å²) in [5, 5.41) is 12.6. The van der Waals surface area contributed by atoms with Crippen LogP contribution in [0.25, 0.3) is 10.9 Å². The van der Waals surface area contributed by atoms with Crippen LogP contribution in [0.3, 0.4) is 0 Å². The van der Waals surface area contributed by atoms with E-state index in [1.165, 1.54) is 4.90 Å². The number of rotatable bonds is 3. The molecule has 1 aliphatic heterocycles. The maximum atomic E-state index is 11.0. The normalized spacial score (nSPS) is 16.8. The van der Waals surface area contributed by atoms with Crippen molar-refractivity contribution in [2.24, 2.45) is 0 Å². The Morgan fingerprint density at radius 1 is 1.00 bits per heavy atom. The van der Waals surface area contributed by atoms with E-state index < -0.39 is 0 Å². The predicted octanol–water partition coefficient (Wildman–Crippen LogP) is 2.60. The highest BCUT2D eigenvalue weighted by Crippen LogP contribution is 2.35. The molecule has 1 atom stereocenters. The molecule has 0 radical (unpaired) electrons. The molecule has 4 nitrogen and oxygen atoms in total. The van der Waals surface area contributed by atoms with Gasteiger partial charge >= 0.3 is 0 Å². The Labute approximate surface area is 151 Å². The van der Waals surface area contributed by atoms with Crippen molar-refractivity contribution < 1.29 is 14.7 Å². The Balaban J connectivity index is 1.89. The molecule has 1 saturated heterocycles. The Kier molecular flexibility index (Phi) is 4.57. The average molecular weight is 356 g/mol. The number of hydrogen-bond donors (Lipinski definition) is 2. The molecule has 3 aromatic rings. The molecule has 0 aliphatic carbocycles. The first-order valence-corrected chi connectivity index (χ1v) is 8.87. The van der Waals surface area contributed by atoms with Crippen LogP contribution in [0.2, 0.25) is 5.02 Å². The largest absolute Gasteiger partial charge is 0.505 e. The second kappa shape index (κ2) is 7.00. The number of halogens is 1. The van der Waals surface area contributed by atoms with Crippen LogP contribution in [0.4, 0.5) is 0 Å². The fourth-order valence-corrected chi connectivity index (χ4v) is 3.86. The number of fused-ring (bicyclic) bond motifs is 1. The topological polar surface area (TPSA) is 46.8 Å². The minimum absolute atomic E-state index is 0.0518. The highest BCUT2D eigenvalue weighted by Gasteiger charge is 2.32. The molecule has 2 N–H and O–H groups in total. The van der Waals surface area contributed by atoms with Gasteiger partial charge in [0.05, 0.1) is 23.8 Å². The van der Waals surface area contributed by atoms with Gasteiger partial charge in [0.2, 0.25) is 0 Å². The van der Waals surface area contributed by atoms with Crippen molar-refractivity contribution in [2.75, 3.05) is 26.3 Å². The van der Waals surface area contributed by atoms with Crippen molar-refractivity contribution in [1.82, 2.24) is 4.98 Å². The minimum atomic E-state index is -0.0518. The summed E-state index contributed by atoms with van der Waals surface area (Å²) in [5.74, 6) is 0.238. The van der Waals surface area contributed by atoms with E-state index in [-0.39, 0.29) is 11.8 Å². The van der Waals surface area contributed by atoms with Crippen LogP contribution in [0.1, 0.15) is 17.2 Å². The number of benzene rings is 2. The summed E-state index contributed by atoms with van der Waals surface area (Å²) in [5.41, 5.74) is 2.51. The number of hydrogen-bond acceptors (Lipinski definition) is 3. The number of phenolic OH excluding ortho intramolecular Hbond substituents is 1. The van der Waals surface area contributed by atoms with Gasteiger partial charge in [0.15, 0.2) is 5.75 Å². The minimum Gasteiger partial charge on any atom is -0.505 e. The van der Waals surface area contributed by atoms with Crippen LogP contribution in [-0.4, -0.2) is 36.4 Å². The number of pyridine rings is 1. The molecule has 1 fully saturated rings. The van der Waals surface area contributed by atoms with Crippen LogP contribution in [0.15, 0.2) is 54.7 Å². The van der Waals surface area contributed by atoms with E-state index in [2.05, 4.69) is 4.98 Å². The lowest BCUT2D eigenvalue weighted by molar-refractivity contribution is -0.933. The van der Waals surface area contributed by atoms with Crippen molar-refractivity contribution in [3.8, 4) is 5.75 Å². The first kappa shape index (κ1) is 16.3. The van der Waals surface area contributed by atoms with Gasteiger partial charge in [-0.25, -0.2) is 0 Å². The molecule has 2 aromatic carbocycles. The van der Waals surface area contributed by atoms with Crippen molar-refractivity contribution in [3.63, 3.8) is 0 Å². The van der Waals surface area contributed by atoms with E-state index in [1.54, 1.807) is 6.20 Å². The Hall–Kier alpha value is -2.14. The molecule has 1 aromatic heterocycles. The first-order valence-electron chi connectivity index (χ1n) is 8.49. The number of nitrogens with zero attached hydrogens (tertiary/aromatic N) is 1. The van der Waals surface area contributed by atoms with E-state index in [0.29, 0.717) is 23.8 Å². The van der Waals surface area contributed by atoms with Crippen LogP contribution < -0.4 is 4.90 Å². The number of phenols is 1. The zero-order chi connectivity index (χ0) is 17.2. The van der Waals surface area contributed by atoms with Crippen molar-refractivity contribution in [1.29, 1.82) is 0 Å². The molecule has 5 heteroatoms. The second-order valence-corrected chi connectivity index (χ2v) is 6.71. The summed E-state index contributed by atoms with van der Waals surface area (Å²) in [6, 6.07) is 15.7. The summed E-state index contributed by atoms with van der Waals surface area (Å²) < 4.78 is 5.52. The number of nitrogens with one attached hydrogen (secondary N) is 1. The quantitative estimate of drug-likeness (QED) is 0.759. The first-order chi connectivity index (χ1) is 12.3. The maximum Gasteiger partial charge on any atom is 0.151 e. The molecule has 128 valence electrons. The van der Waals surface area contributed by atoms with E-state index in [9.17, 15) is 5.11 Å². The third kappa shape index (κ3) is 3.09. The number of ether oxygens (including phenoxy) is 1. The van der Waals surface area contributed by atoms with Gasteiger partial charge in [0.25, 0.3) is 0 Å². The highest BCUT2D eigenvalue weighted by atomic mass is 35.5. The maximum absolute atomic E-state index is 11.0. The lowest BCUT2D eigenvalue weighted by Gasteiger charge is -2.32. The van der Waals surface area contributed by atoms with Gasteiger partial charge in [0.1, 0.15) is 24.6 Å². The predicted molar refractivity (Wildman–Crippen MR) is 98.2 cm³/mol. The smallest absolute Gasteiger partial charge is 0.151 e. The summed E-state index contributed by atoms with van der Waals surface area (Å²) in [7, 11) is 0. The summed E-state index contributed by atoms with van der Waals surface area (Å²) in [4.78, 5) is 5.71. The Bertz CT molecular complexity index is 894. The fraction of sp³-hybridized carbons (Fsp3) is 0.250. The molecule has 25 heavy (non-hydrogen) atoms. The van der Waals surface area contributed by atoms with Crippen LogP contribution >= 0.6 is 11.6 Å². The summed E-state index contributed by atoms with van der Waals surface area (Å²) in [6.07, 6.45) is 1.71. The van der Waals surface area contributed by atoms with Crippen LogP contribution in [-0.2, 0) is 4.74 Å². The lowest BCUT2D eigenvalue weighted by Crippen LogP contribution is -3.14. The Morgan fingerprint density at radius 2 is 1.80 bits per heavy atom. The summed E-state index contributed by atoms with van der Waals surface area (Å²) >= 11 is 6.52. The molecule has 4 rings (SSSR count). The third-order valence-corrected chi connectivity index (χ3v) is 5.19. The molecule has 0 spiro atoms. The van der Waals surface area contributed by atoms with Gasteiger partial charge in [-0.15, -0.1) is 0 Å². The van der Waals surface area contributed by atoms with Gasteiger partial charge in [-0.3, -0.25) is 4.98 Å². The molecule has 1 aliphatic rings. The fourth-order valence-electron chi connectivity index (χ4n) is 3.62. The lowest BCUT2D eigenvalue weighted by atomic mass is 9.94. The monoisotopic (exact) mass is 355 g/mol. The van der Waals surface area contributed by atoms with Crippen molar-refractivity contribution >= 4 is 22.5 Å². The molecule has 0 bridgehead atoms. The van der Waals surface area contributed by atoms with Crippen LogP contribution in [0.5, 0.6) is 5.75 Å². The molecule has 0 saturated carbocycles. The van der Waals surface area contributed by atoms with E-state index >= 15 is 0 Å². The average Bonchev–Trinajstić information content (AvgIpc) is 2.66. The standard InChI is InChI=1S/C20H19ClN2O2/c21-17-6-2-1-5-15(17)19(23-10-12-25-13-11-23)16-8-7-14-4-3-9-22-18(14)20(16)24/h1-9,19,24H,10-13H2/p+1/t19-/m1/s1. The molecular weight excluding hydrogens is 336 g/mol. The molecule has 0 amide bonds. The van der Waals surface area contributed by atoms with E-state index in [1.807, 2.05) is 48.5 Å². The second-order valence-electron chi connectivity index (χ2n) is 6.30. The number of quaternary nitrogens is 1. The number of aromatic nitrogens is 1. The van der Waals surface area contributed by atoms with Gasteiger partial charge in [-0.05, 0) is 18.2 Å². The van der Waals surface area contributed by atoms with Crippen molar-refractivity contribution in [2.45, 2.75) is 6.04 Å². The van der Waals surface area contributed by atoms with Crippen molar-refractivity contribution in [3.05, 3.63) is 70.9 Å². The molecule has 0 unspecified atom stereocenters. The third-order valence-electron chi connectivity index (χ3n) is 4.85. The highest BCUT2D eigenvalue weighted by molar-refractivity contribution is 6.31. The number of morpholine rings is 1. The molecular formula is C20H20ClN2O2+. The summed E-state index contributed by atoms with van der Waals surface area (Å²) in [6.45, 7) is 3.16. The Morgan fingerprint density at radius 3 is 2.60 bits per heavy atom.